The van der Waals surface area contributed by atoms with Crippen molar-refractivity contribution in [2.45, 2.75) is 25.1 Å². The molecular formula is C25H22F4N6O4. The number of primary amides is 1. The number of carbonyl (C=O) groups excluding carboxylic acids is 2. The van der Waals surface area contributed by atoms with Gasteiger partial charge in [-0.2, -0.15) is 18.3 Å². The van der Waals surface area contributed by atoms with E-state index in [0.29, 0.717) is 0 Å². The second-order valence-corrected chi connectivity index (χ2v) is 8.44. The number of fused-ring (bicyclic) bond motifs is 1. The molecule has 3 heterocycles. The highest BCUT2D eigenvalue weighted by molar-refractivity contribution is 6.03. The Morgan fingerprint density at radius 1 is 1.18 bits per heavy atom. The first-order chi connectivity index (χ1) is 18.4. The molecular weight excluding hydrogens is 524 g/mol. The van der Waals surface area contributed by atoms with Gasteiger partial charge in [0.1, 0.15) is 23.0 Å². The second-order valence-electron chi connectivity index (χ2n) is 8.44. The van der Waals surface area contributed by atoms with E-state index in [1.165, 1.54) is 30.5 Å². The highest BCUT2D eigenvalue weighted by Crippen LogP contribution is 2.42. The molecule has 0 fully saturated rings. The molecule has 0 spiro atoms. The normalized spacial score (nSPS) is 13.2. The van der Waals surface area contributed by atoms with Gasteiger partial charge in [-0.05, 0) is 49.4 Å². The minimum atomic E-state index is -5.35. The van der Waals surface area contributed by atoms with E-state index in [2.05, 4.69) is 25.5 Å². The zero-order chi connectivity index (χ0) is 28.4. The fourth-order valence-corrected chi connectivity index (χ4v) is 3.88. The van der Waals surface area contributed by atoms with E-state index in [4.69, 9.17) is 10.5 Å². The number of hydrogen-bond donors (Lipinski definition) is 4. The highest BCUT2D eigenvalue weighted by Gasteiger charge is 2.56. The Balaban J connectivity index is 1.81. The maximum absolute atomic E-state index is 14.4. The summed E-state index contributed by atoms with van der Waals surface area (Å²) in [4.78, 5) is 32.5. The molecule has 1 aromatic carbocycles. The van der Waals surface area contributed by atoms with Crippen LogP contribution in [-0.4, -0.2) is 56.4 Å². The molecule has 1 atom stereocenters. The molecule has 0 unspecified atom stereocenters. The van der Waals surface area contributed by atoms with Crippen LogP contribution >= 0.6 is 0 Å². The van der Waals surface area contributed by atoms with Crippen LogP contribution < -0.4 is 15.8 Å². The summed E-state index contributed by atoms with van der Waals surface area (Å²) in [6.45, 7) is 0.302. The number of H-pyrrole nitrogens is 1. The van der Waals surface area contributed by atoms with Gasteiger partial charge in [0.15, 0.2) is 5.65 Å². The van der Waals surface area contributed by atoms with Gasteiger partial charge in [-0.1, -0.05) is 0 Å². The molecule has 204 valence electrons. The van der Waals surface area contributed by atoms with E-state index < -0.39 is 48.1 Å². The zero-order valence-corrected chi connectivity index (χ0v) is 20.3. The molecule has 0 aliphatic heterocycles. The number of nitrogens with one attached hydrogen (secondary N) is 2. The van der Waals surface area contributed by atoms with Crippen molar-refractivity contribution >= 4 is 22.8 Å². The smallest absolute Gasteiger partial charge is 0.424 e. The van der Waals surface area contributed by atoms with E-state index >= 15 is 0 Å². The molecule has 0 radical (unpaired) electrons. The summed E-state index contributed by atoms with van der Waals surface area (Å²) in [5.41, 5.74) is 0.538. The number of aromatic nitrogens is 4. The van der Waals surface area contributed by atoms with Crippen molar-refractivity contribution in [1.82, 2.24) is 25.5 Å². The monoisotopic (exact) mass is 546 g/mol. The van der Waals surface area contributed by atoms with Crippen LogP contribution in [0.4, 0.5) is 17.6 Å². The molecule has 0 saturated carbocycles. The van der Waals surface area contributed by atoms with Crippen LogP contribution in [0.25, 0.3) is 22.3 Å². The molecule has 0 bridgehead atoms. The third-order valence-corrected chi connectivity index (χ3v) is 5.78. The number of amides is 2. The number of alkyl halides is 3. The third-order valence-electron chi connectivity index (χ3n) is 5.78. The SMILES string of the molecule is CCOc1c(CC(N)=O)cc([C@@](O)(CNC(=O)c2[nH]nc3ncccc23)C(F)(F)F)nc1-c1ccc(F)cc1. The lowest BCUT2D eigenvalue weighted by molar-refractivity contribution is -0.265. The van der Waals surface area contributed by atoms with E-state index in [9.17, 15) is 32.3 Å². The molecule has 0 aliphatic carbocycles. The lowest BCUT2D eigenvalue weighted by Crippen LogP contribution is -2.51. The van der Waals surface area contributed by atoms with Gasteiger partial charge in [-0.15, -0.1) is 0 Å². The Kier molecular flexibility index (Phi) is 7.49. The number of benzene rings is 1. The van der Waals surface area contributed by atoms with Gasteiger partial charge in [0.25, 0.3) is 5.91 Å². The first-order valence-corrected chi connectivity index (χ1v) is 11.5. The Hall–Kier alpha value is -4.59. The summed E-state index contributed by atoms with van der Waals surface area (Å²) in [7, 11) is 0. The largest absolute Gasteiger partial charge is 0.491 e. The number of nitrogens with zero attached hydrogens (tertiary/aromatic N) is 3. The predicted molar refractivity (Wildman–Crippen MR) is 130 cm³/mol. The van der Waals surface area contributed by atoms with Crippen LogP contribution in [0.15, 0.2) is 48.7 Å². The lowest BCUT2D eigenvalue weighted by Gasteiger charge is -2.31. The van der Waals surface area contributed by atoms with E-state index in [0.717, 1.165) is 18.2 Å². The minimum absolute atomic E-state index is 0.0492. The van der Waals surface area contributed by atoms with Gasteiger partial charge < -0.3 is 20.9 Å². The third kappa shape index (κ3) is 5.50. The first kappa shape index (κ1) is 27.4. The quantitative estimate of drug-likeness (QED) is 0.235. The zero-order valence-electron chi connectivity index (χ0n) is 20.3. The average Bonchev–Trinajstić information content (AvgIpc) is 3.32. The molecule has 4 aromatic rings. The number of aromatic amines is 1. The van der Waals surface area contributed by atoms with Gasteiger partial charge in [0, 0.05) is 17.3 Å². The molecule has 39 heavy (non-hydrogen) atoms. The van der Waals surface area contributed by atoms with Crippen LogP contribution in [0.1, 0.15) is 28.7 Å². The van der Waals surface area contributed by atoms with Crippen molar-refractivity contribution in [1.29, 1.82) is 0 Å². The minimum Gasteiger partial charge on any atom is -0.491 e. The summed E-state index contributed by atoms with van der Waals surface area (Å²) in [5, 5.41) is 19.6. The van der Waals surface area contributed by atoms with Gasteiger partial charge in [-0.25, -0.2) is 14.4 Å². The maximum Gasteiger partial charge on any atom is 0.424 e. The highest BCUT2D eigenvalue weighted by atomic mass is 19.4. The number of hydrogen-bond acceptors (Lipinski definition) is 7. The van der Waals surface area contributed by atoms with Gasteiger partial charge in [0.2, 0.25) is 11.5 Å². The molecule has 2 amide bonds. The number of halogens is 4. The second kappa shape index (κ2) is 10.6. The Labute approximate surface area is 218 Å². The number of pyridine rings is 2. The van der Waals surface area contributed by atoms with Crippen LogP contribution in [0.3, 0.4) is 0 Å². The number of ether oxygens (including phenoxy) is 1. The first-order valence-electron chi connectivity index (χ1n) is 11.5. The van der Waals surface area contributed by atoms with Crippen molar-refractivity contribution in [3.63, 3.8) is 0 Å². The van der Waals surface area contributed by atoms with E-state index in [1.807, 2.05) is 0 Å². The van der Waals surface area contributed by atoms with Crippen LogP contribution in [0.2, 0.25) is 0 Å². The Bertz CT molecular complexity index is 1520. The molecule has 0 saturated heterocycles. The fraction of sp³-hybridized carbons (Fsp3) is 0.240. The molecule has 14 heteroatoms. The van der Waals surface area contributed by atoms with Gasteiger partial charge >= 0.3 is 6.18 Å². The molecule has 5 N–H and O–H groups in total. The molecule has 4 rings (SSSR count). The lowest BCUT2D eigenvalue weighted by atomic mass is 9.93. The number of carbonyl (C=O) groups is 2. The molecule has 3 aromatic heterocycles. The fourth-order valence-electron chi connectivity index (χ4n) is 3.88. The predicted octanol–water partition coefficient (Wildman–Crippen LogP) is 2.77. The average molecular weight is 546 g/mol. The van der Waals surface area contributed by atoms with Crippen LogP contribution in [0, 0.1) is 5.82 Å². The number of nitrogens with two attached hydrogens (primary N) is 1. The topological polar surface area (TPSA) is 156 Å². The van der Waals surface area contributed by atoms with Gasteiger partial charge in [-0.3, -0.25) is 14.7 Å². The van der Waals surface area contributed by atoms with Crippen molar-refractivity contribution < 1.29 is 37.0 Å². The maximum atomic E-state index is 14.4. The van der Waals surface area contributed by atoms with E-state index in [1.54, 1.807) is 6.92 Å². The molecule has 10 nitrogen and oxygen atoms in total. The summed E-state index contributed by atoms with van der Waals surface area (Å²) in [6, 6.07) is 8.49. The summed E-state index contributed by atoms with van der Waals surface area (Å²) < 4.78 is 62.4. The summed E-state index contributed by atoms with van der Waals surface area (Å²) in [5.74, 6) is -2.55. The van der Waals surface area contributed by atoms with Crippen molar-refractivity contribution in [3.05, 3.63) is 71.4 Å². The van der Waals surface area contributed by atoms with Crippen LogP contribution in [0.5, 0.6) is 5.75 Å². The Morgan fingerprint density at radius 3 is 2.54 bits per heavy atom. The number of rotatable bonds is 9. The van der Waals surface area contributed by atoms with Crippen LogP contribution in [-0.2, 0) is 16.8 Å². The number of aliphatic hydroxyl groups is 1. The molecule has 0 aliphatic rings. The van der Waals surface area contributed by atoms with Crippen molar-refractivity contribution in [2.75, 3.05) is 13.2 Å². The summed E-state index contributed by atoms with van der Waals surface area (Å²) in [6.07, 6.45) is -4.47. The standard InChI is InChI=1S/C25H22F4N6O4/c1-2-39-21-14(11-18(30)36)10-17(33-19(21)13-5-7-15(26)8-6-13)24(38,25(27,28)29)12-32-23(37)20-16-4-3-9-31-22(16)35-34-20/h3-10,38H,2,11-12H2,1H3,(H2,30,36)(H,32,37)(H,31,34,35)/t24-/m0/s1. The summed E-state index contributed by atoms with van der Waals surface area (Å²) >= 11 is 0. The van der Waals surface area contributed by atoms with Crippen molar-refractivity contribution in [2.24, 2.45) is 5.73 Å². The van der Waals surface area contributed by atoms with Gasteiger partial charge in [0.05, 0.1) is 30.7 Å². The Morgan fingerprint density at radius 2 is 1.90 bits per heavy atom. The van der Waals surface area contributed by atoms with Crippen molar-refractivity contribution in [3.8, 4) is 17.0 Å². The van der Waals surface area contributed by atoms with E-state index in [-0.39, 0.29) is 45.9 Å².